The van der Waals surface area contributed by atoms with E-state index in [1.54, 1.807) is 24.3 Å². The van der Waals surface area contributed by atoms with Crippen LogP contribution in [0.15, 0.2) is 41.6 Å². The number of carbonyl (C=O) groups is 2. The third kappa shape index (κ3) is 4.93. The zero-order chi connectivity index (χ0) is 13.4. The van der Waals surface area contributed by atoms with Crippen LogP contribution in [0.1, 0.15) is 5.56 Å². The average molecular weight is 248 g/mol. The van der Waals surface area contributed by atoms with Gasteiger partial charge in [0.15, 0.2) is 0 Å². The number of hydrogen-bond acceptors (Lipinski definition) is 4. The molecule has 0 saturated carbocycles. The first-order valence-corrected chi connectivity index (χ1v) is 5.08. The SMILES string of the molecule is O=C(O)C=CC(=O)Nc1ccc(CC=NO)cc1. The van der Waals surface area contributed by atoms with Gasteiger partial charge in [-0.2, -0.15) is 0 Å². The first-order chi connectivity index (χ1) is 8.61. The van der Waals surface area contributed by atoms with Gasteiger partial charge in [0, 0.05) is 30.5 Å². The van der Waals surface area contributed by atoms with Crippen molar-refractivity contribution in [1.29, 1.82) is 0 Å². The molecule has 0 aromatic heterocycles. The predicted molar refractivity (Wildman–Crippen MR) is 65.8 cm³/mol. The van der Waals surface area contributed by atoms with Crippen molar-refractivity contribution in [2.75, 3.05) is 5.32 Å². The molecule has 0 atom stereocenters. The standard InChI is InChI=1S/C12H12N2O4/c15-11(5-6-12(16)17)14-10-3-1-9(2-4-10)7-8-13-18/h1-6,8,18H,7H2,(H,14,15)(H,16,17). The number of aliphatic carboxylic acids is 1. The van der Waals surface area contributed by atoms with E-state index in [-0.39, 0.29) is 0 Å². The molecule has 1 aromatic carbocycles. The third-order valence-electron chi connectivity index (χ3n) is 2.01. The summed E-state index contributed by atoms with van der Waals surface area (Å²) in [7, 11) is 0. The molecule has 1 rings (SSSR count). The molecule has 0 radical (unpaired) electrons. The number of nitrogens with one attached hydrogen (secondary N) is 1. The fourth-order valence-electron chi connectivity index (χ4n) is 1.20. The summed E-state index contributed by atoms with van der Waals surface area (Å²) in [6.45, 7) is 0. The molecule has 6 nitrogen and oxygen atoms in total. The molecule has 1 aromatic rings. The van der Waals surface area contributed by atoms with Gasteiger partial charge in [-0.3, -0.25) is 4.79 Å². The highest BCUT2D eigenvalue weighted by Gasteiger charge is 1.99. The summed E-state index contributed by atoms with van der Waals surface area (Å²) < 4.78 is 0. The predicted octanol–water partition coefficient (Wildman–Crippen LogP) is 1.27. The van der Waals surface area contributed by atoms with Gasteiger partial charge in [-0.05, 0) is 17.7 Å². The molecule has 18 heavy (non-hydrogen) atoms. The number of oxime groups is 1. The summed E-state index contributed by atoms with van der Waals surface area (Å²) in [6.07, 6.45) is 3.54. The van der Waals surface area contributed by atoms with E-state index in [0.29, 0.717) is 12.1 Å². The Bertz CT molecular complexity index is 477. The van der Waals surface area contributed by atoms with Crippen LogP contribution in [0.3, 0.4) is 0 Å². The molecule has 0 fully saturated rings. The van der Waals surface area contributed by atoms with Crippen LogP contribution in [-0.2, 0) is 16.0 Å². The third-order valence-corrected chi connectivity index (χ3v) is 2.01. The lowest BCUT2D eigenvalue weighted by Gasteiger charge is -2.02. The Balaban J connectivity index is 2.58. The van der Waals surface area contributed by atoms with Crippen molar-refractivity contribution in [2.45, 2.75) is 6.42 Å². The molecular weight excluding hydrogens is 236 g/mol. The molecule has 0 saturated heterocycles. The average Bonchev–Trinajstić information content (AvgIpc) is 2.35. The molecule has 94 valence electrons. The van der Waals surface area contributed by atoms with Crippen LogP contribution in [0.2, 0.25) is 0 Å². The summed E-state index contributed by atoms with van der Waals surface area (Å²) in [5, 5.41) is 22.0. The van der Waals surface area contributed by atoms with E-state index in [0.717, 1.165) is 17.7 Å². The minimum absolute atomic E-state index is 0.490. The van der Waals surface area contributed by atoms with Gasteiger partial charge in [0.05, 0.1) is 0 Å². The van der Waals surface area contributed by atoms with Gasteiger partial charge >= 0.3 is 5.97 Å². The maximum atomic E-state index is 11.3. The topological polar surface area (TPSA) is 99.0 Å². The van der Waals surface area contributed by atoms with Gasteiger partial charge in [-0.1, -0.05) is 12.1 Å². The first kappa shape index (κ1) is 13.4. The molecule has 1 amide bonds. The number of anilines is 1. The molecule has 6 heteroatoms. The lowest BCUT2D eigenvalue weighted by Crippen LogP contribution is -2.08. The van der Waals surface area contributed by atoms with E-state index < -0.39 is 11.9 Å². The molecule has 0 aliphatic rings. The maximum absolute atomic E-state index is 11.3. The second kappa shape index (κ2) is 6.85. The molecule has 0 unspecified atom stereocenters. The summed E-state index contributed by atoms with van der Waals surface area (Å²) in [4.78, 5) is 21.5. The lowest BCUT2D eigenvalue weighted by atomic mass is 10.1. The number of amides is 1. The molecule has 0 bridgehead atoms. The van der Waals surface area contributed by atoms with Crippen LogP contribution in [0.25, 0.3) is 0 Å². The van der Waals surface area contributed by atoms with E-state index in [1.165, 1.54) is 6.21 Å². The van der Waals surface area contributed by atoms with Crippen molar-refractivity contribution in [3.63, 3.8) is 0 Å². The zero-order valence-corrected chi connectivity index (χ0v) is 9.41. The first-order valence-electron chi connectivity index (χ1n) is 5.08. The lowest BCUT2D eigenvalue weighted by molar-refractivity contribution is -0.131. The Hall–Kier alpha value is -2.63. The Morgan fingerprint density at radius 1 is 1.22 bits per heavy atom. The van der Waals surface area contributed by atoms with Crippen molar-refractivity contribution >= 4 is 23.8 Å². The van der Waals surface area contributed by atoms with Gasteiger partial charge in [-0.15, -0.1) is 5.16 Å². The fraction of sp³-hybridized carbons (Fsp3) is 0.0833. The Morgan fingerprint density at radius 2 is 1.89 bits per heavy atom. The van der Waals surface area contributed by atoms with Crippen molar-refractivity contribution in [2.24, 2.45) is 5.16 Å². The number of carboxylic acid groups (broad SMARTS) is 1. The Labute approximate surface area is 103 Å². The molecule has 0 heterocycles. The van der Waals surface area contributed by atoms with E-state index in [4.69, 9.17) is 10.3 Å². The summed E-state index contributed by atoms with van der Waals surface area (Å²) in [6, 6.07) is 6.87. The Kier molecular flexibility index (Phi) is 5.11. The number of benzene rings is 1. The monoisotopic (exact) mass is 248 g/mol. The van der Waals surface area contributed by atoms with Crippen molar-refractivity contribution < 1.29 is 19.9 Å². The number of hydrogen-bond donors (Lipinski definition) is 3. The highest BCUT2D eigenvalue weighted by molar-refractivity contribution is 6.02. The second-order valence-electron chi connectivity index (χ2n) is 3.36. The zero-order valence-electron chi connectivity index (χ0n) is 9.41. The largest absolute Gasteiger partial charge is 0.478 e. The number of carboxylic acids is 1. The van der Waals surface area contributed by atoms with Crippen LogP contribution >= 0.6 is 0 Å². The van der Waals surface area contributed by atoms with Gasteiger partial charge < -0.3 is 15.6 Å². The van der Waals surface area contributed by atoms with Gasteiger partial charge in [0.25, 0.3) is 0 Å². The van der Waals surface area contributed by atoms with E-state index in [2.05, 4.69) is 10.5 Å². The minimum Gasteiger partial charge on any atom is -0.478 e. The summed E-state index contributed by atoms with van der Waals surface area (Å²) in [5.74, 6) is -1.69. The van der Waals surface area contributed by atoms with Crippen LogP contribution in [0.5, 0.6) is 0 Å². The van der Waals surface area contributed by atoms with E-state index >= 15 is 0 Å². The maximum Gasteiger partial charge on any atom is 0.328 e. The quantitative estimate of drug-likeness (QED) is 0.316. The highest BCUT2D eigenvalue weighted by Crippen LogP contribution is 2.09. The highest BCUT2D eigenvalue weighted by atomic mass is 16.4. The second-order valence-corrected chi connectivity index (χ2v) is 3.36. The molecule has 0 aliphatic heterocycles. The molecular formula is C12H12N2O4. The summed E-state index contributed by atoms with van der Waals surface area (Å²) in [5.41, 5.74) is 1.48. The number of rotatable bonds is 5. The number of nitrogens with zero attached hydrogens (tertiary/aromatic N) is 1. The van der Waals surface area contributed by atoms with Gasteiger partial charge in [-0.25, -0.2) is 4.79 Å². The smallest absolute Gasteiger partial charge is 0.328 e. The van der Waals surface area contributed by atoms with Crippen LogP contribution in [0, 0.1) is 0 Å². The van der Waals surface area contributed by atoms with E-state index in [9.17, 15) is 9.59 Å². The van der Waals surface area contributed by atoms with Crippen molar-refractivity contribution in [1.82, 2.24) is 0 Å². The van der Waals surface area contributed by atoms with Gasteiger partial charge in [0.1, 0.15) is 0 Å². The molecule has 3 N–H and O–H groups in total. The van der Waals surface area contributed by atoms with Crippen molar-refractivity contribution in [3.8, 4) is 0 Å². The van der Waals surface area contributed by atoms with Crippen LogP contribution in [0.4, 0.5) is 5.69 Å². The normalized spacial score (nSPS) is 10.9. The van der Waals surface area contributed by atoms with Crippen LogP contribution in [-0.4, -0.2) is 28.4 Å². The fourth-order valence-corrected chi connectivity index (χ4v) is 1.20. The number of carbonyl (C=O) groups excluding carboxylic acids is 1. The van der Waals surface area contributed by atoms with Crippen LogP contribution < -0.4 is 5.32 Å². The van der Waals surface area contributed by atoms with Gasteiger partial charge in [0.2, 0.25) is 5.91 Å². The molecule has 0 aliphatic carbocycles. The van der Waals surface area contributed by atoms with Crippen molar-refractivity contribution in [3.05, 3.63) is 42.0 Å². The molecule has 0 spiro atoms. The Morgan fingerprint density at radius 3 is 2.44 bits per heavy atom. The van der Waals surface area contributed by atoms with E-state index in [1.807, 2.05) is 0 Å². The summed E-state index contributed by atoms with van der Waals surface area (Å²) >= 11 is 0. The minimum atomic E-state index is -1.18.